The topological polar surface area (TPSA) is 81.4 Å². The molecule has 35 heavy (non-hydrogen) atoms. The van der Waals surface area contributed by atoms with E-state index < -0.39 is 17.9 Å². The normalized spacial score (nSPS) is 12.9. The molecule has 5 nitrogen and oxygen atoms in total. The number of hydrogen-bond acceptors (Lipinski definition) is 3. The lowest BCUT2D eigenvalue weighted by molar-refractivity contribution is -0.127. The molecule has 0 spiro atoms. The van der Waals surface area contributed by atoms with E-state index >= 15 is 0 Å². The smallest absolute Gasteiger partial charge is 0.240 e. The lowest BCUT2D eigenvalue weighted by Crippen LogP contribution is -2.47. The quantitative estimate of drug-likeness (QED) is 0.402. The maximum Gasteiger partial charge on any atom is 0.240 e. The highest BCUT2D eigenvalue weighted by Gasteiger charge is 2.34. The number of hydrogen-bond donors (Lipinski definition) is 2. The molecule has 0 unspecified atom stereocenters. The SMILES string of the molecule is NC(=O)[C@@H](Cc1cccc(OCc2ccccc2)c1)NC(=O)C1c2ccccc2-c2ccccc21. The van der Waals surface area contributed by atoms with Crippen LogP contribution >= 0.6 is 0 Å². The first-order valence-electron chi connectivity index (χ1n) is 11.6. The largest absolute Gasteiger partial charge is 0.489 e. The van der Waals surface area contributed by atoms with Gasteiger partial charge in [0.2, 0.25) is 11.8 Å². The fourth-order valence-corrected chi connectivity index (χ4v) is 4.65. The molecule has 1 aliphatic carbocycles. The highest BCUT2D eigenvalue weighted by Crippen LogP contribution is 2.44. The molecule has 0 aromatic heterocycles. The van der Waals surface area contributed by atoms with Crippen LogP contribution in [0.2, 0.25) is 0 Å². The van der Waals surface area contributed by atoms with Crippen LogP contribution in [-0.4, -0.2) is 17.9 Å². The summed E-state index contributed by atoms with van der Waals surface area (Å²) in [6.07, 6.45) is 0.277. The Kier molecular flexibility index (Phi) is 6.31. The Hall–Kier alpha value is -4.38. The first-order valence-corrected chi connectivity index (χ1v) is 11.6. The Morgan fingerprint density at radius 2 is 1.37 bits per heavy atom. The molecule has 174 valence electrons. The summed E-state index contributed by atoms with van der Waals surface area (Å²) in [4.78, 5) is 25.8. The number of rotatable bonds is 8. The lowest BCUT2D eigenvalue weighted by atomic mass is 9.95. The Morgan fingerprint density at radius 1 is 0.771 bits per heavy atom. The highest BCUT2D eigenvalue weighted by molar-refractivity contribution is 5.98. The van der Waals surface area contributed by atoms with Crippen LogP contribution in [0.15, 0.2) is 103 Å². The molecule has 0 saturated carbocycles. The molecule has 0 fully saturated rings. The number of fused-ring (bicyclic) bond motifs is 3. The molecule has 0 heterocycles. The van der Waals surface area contributed by atoms with E-state index in [4.69, 9.17) is 10.5 Å². The van der Waals surface area contributed by atoms with Crippen molar-refractivity contribution in [3.05, 3.63) is 125 Å². The first kappa shape index (κ1) is 22.4. The fraction of sp³-hybridized carbons (Fsp3) is 0.133. The summed E-state index contributed by atoms with van der Waals surface area (Å²) in [5.41, 5.74) is 11.6. The zero-order valence-electron chi connectivity index (χ0n) is 19.2. The molecule has 0 aliphatic heterocycles. The average Bonchev–Trinajstić information content (AvgIpc) is 3.22. The summed E-state index contributed by atoms with van der Waals surface area (Å²) in [6.45, 7) is 0.445. The molecule has 4 aromatic carbocycles. The monoisotopic (exact) mass is 462 g/mol. The Bertz CT molecular complexity index is 1320. The zero-order chi connectivity index (χ0) is 24.2. The number of primary amides is 1. The van der Waals surface area contributed by atoms with Crippen LogP contribution in [-0.2, 0) is 22.6 Å². The van der Waals surface area contributed by atoms with E-state index in [1.54, 1.807) is 0 Å². The Labute approximate surface area is 204 Å². The van der Waals surface area contributed by atoms with Crippen LogP contribution in [0.1, 0.15) is 28.2 Å². The number of nitrogens with one attached hydrogen (secondary N) is 1. The summed E-state index contributed by atoms with van der Waals surface area (Å²) in [7, 11) is 0. The average molecular weight is 463 g/mol. The minimum absolute atomic E-state index is 0.234. The molecular formula is C30H26N2O3. The van der Waals surface area contributed by atoms with Crippen molar-refractivity contribution >= 4 is 11.8 Å². The second-order valence-corrected chi connectivity index (χ2v) is 8.70. The van der Waals surface area contributed by atoms with Gasteiger partial charge in [-0.05, 0) is 45.5 Å². The third kappa shape index (κ3) is 4.80. The molecular weight excluding hydrogens is 436 g/mol. The molecule has 5 heteroatoms. The van der Waals surface area contributed by atoms with Crippen molar-refractivity contribution in [2.75, 3.05) is 0 Å². The number of carbonyl (C=O) groups is 2. The van der Waals surface area contributed by atoms with Gasteiger partial charge in [0, 0.05) is 6.42 Å². The van der Waals surface area contributed by atoms with E-state index in [1.165, 1.54) is 0 Å². The number of carbonyl (C=O) groups excluding carboxylic acids is 2. The van der Waals surface area contributed by atoms with Gasteiger partial charge in [-0.2, -0.15) is 0 Å². The molecule has 0 bridgehead atoms. The fourth-order valence-electron chi connectivity index (χ4n) is 4.65. The van der Waals surface area contributed by atoms with Crippen molar-refractivity contribution < 1.29 is 14.3 Å². The van der Waals surface area contributed by atoms with Gasteiger partial charge in [-0.15, -0.1) is 0 Å². The van der Waals surface area contributed by atoms with Gasteiger partial charge in [-0.1, -0.05) is 91.0 Å². The third-order valence-electron chi connectivity index (χ3n) is 6.34. The molecule has 2 amide bonds. The molecule has 0 radical (unpaired) electrons. The van der Waals surface area contributed by atoms with Gasteiger partial charge >= 0.3 is 0 Å². The van der Waals surface area contributed by atoms with E-state index in [0.29, 0.717) is 12.4 Å². The van der Waals surface area contributed by atoms with E-state index in [0.717, 1.165) is 33.4 Å². The minimum Gasteiger partial charge on any atom is -0.489 e. The van der Waals surface area contributed by atoms with E-state index in [1.807, 2.05) is 103 Å². The third-order valence-corrected chi connectivity index (χ3v) is 6.34. The summed E-state index contributed by atoms with van der Waals surface area (Å²) < 4.78 is 5.91. The van der Waals surface area contributed by atoms with Crippen LogP contribution < -0.4 is 15.8 Å². The lowest BCUT2D eigenvalue weighted by Gasteiger charge is -2.20. The van der Waals surface area contributed by atoms with Crippen molar-refractivity contribution in [2.24, 2.45) is 5.73 Å². The van der Waals surface area contributed by atoms with Gasteiger partial charge in [-0.25, -0.2) is 0 Å². The molecule has 4 aromatic rings. The van der Waals surface area contributed by atoms with Gasteiger partial charge in [0.05, 0.1) is 5.92 Å². The Morgan fingerprint density at radius 3 is 2.03 bits per heavy atom. The number of nitrogens with two attached hydrogens (primary N) is 1. The standard InChI is InChI=1S/C30H26N2O3/c31-29(33)27(18-21-11-8-12-22(17-21)35-19-20-9-2-1-3-10-20)32-30(34)28-25-15-6-4-13-23(25)24-14-5-7-16-26(24)28/h1-17,27-28H,18-19H2,(H2,31,33)(H,32,34)/t27-/m1/s1. The van der Waals surface area contributed by atoms with Gasteiger partial charge in [-0.3, -0.25) is 9.59 Å². The molecule has 3 N–H and O–H groups in total. The minimum atomic E-state index is -0.841. The predicted molar refractivity (Wildman–Crippen MR) is 136 cm³/mol. The maximum absolute atomic E-state index is 13.5. The second kappa shape index (κ2) is 9.85. The summed E-state index contributed by atoms with van der Waals surface area (Å²) in [5, 5.41) is 2.91. The van der Waals surface area contributed by atoms with Crippen LogP contribution in [0.5, 0.6) is 5.75 Å². The van der Waals surface area contributed by atoms with E-state index in [9.17, 15) is 9.59 Å². The Balaban J connectivity index is 1.32. The first-order chi connectivity index (χ1) is 17.1. The van der Waals surface area contributed by atoms with Crippen molar-refractivity contribution in [2.45, 2.75) is 25.0 Å². The maximum atomic E-state index is 13.5. The molecule has 5 rings (SSSR count). The van der Waals surface area contributed by atoms with E-state index in [2.05, 4.69) is 5.32 Å². The van der Waals surface area contributed by atoms with Crippen LogP contribution in [0.3, 0.4) is 0 Å². The highest BCUT2D eigenvalue weighted by atomic mass is 16.5. The van der Waals surface area contributed by atoms with Crippen molar-refractivity contribution in [3.8, 4) is 16.9 Å². The summed E-state index contributed by atoms with van der Waals surface area (Å²) in [6, 6.07) is 32.4. The zero-order valence-corrected chi connectivity index (χ0v) is 19.2. The second-order valence-electron chi connectivity index (χ2n) is 8.70. The van der Waals surface area contributed by atoms with E-state index in [-0.39, 0.29) is 12.3 Å². The van der Waals surface area contributed by atoms with Crippen molar-refractivity contribution in [3.63, 3.8) is 0 Å². The predicted octanol–water partition coefficient (Wildman–Crippen LogP) is 4.59. The van der Waals surface area contributed by atoms with Crippen LogP contribution in [0.4, 0.5) is 0 Å². The number of benzene rings is 4. The van der Waals surface area contributed by atoms with Crippen LogP contribution in [0.25, 0.3) is 11.1 Å². The van der Waals surface area contributed by atoms with Gasteiger partial charge in [0.25, 0.3) is 0 Å². The summed E-state index contributed by atoms with van der Waals surface area (Å²) in [5.74, 6) is -0.597. The van der Waals surface area contributed by atoms with Gasteiger partial charge < -0.3 is 15.8 Å². The summed E-state index contributed by atoms with van der Waals surface area (Å²) >= 11 is 0. The van der Waals surface area contributed by atoms with Crippen molar-refractivity contribution in [1.29, 1.82) is 0 Å². The molecule has 0 saturated heterocycles. The molecule has 1 aliphatic rings. The number of amides is 2. The van der Waals surface area contributed by atoms with Gasteiger partial charge in [0.15, 0.2) is 0 Å². The van der Waals surface area contributed by atoms with Gasteiger partial charge in [0.1, 0.15) is 18.4 Å². The number of ether oxygens (including phenoxy) is 1. The molecule has 1 atom stereocenters. The van der Waals surface area contributed by atoms with Crippen LogP contribution in [0, 0.1) is 0 Å². The van der Waals surface area contributed by atoms with Crippen molar-refractivity contribution in [1.82, 2.24) is 5.32 Å².